The Kier molecular flexibility index (Phi) is 9.72. The number of hydrogen-bond acceptors (Lipinski definition) is 6. The Morgan fingerprint density at radius 2 is 1.43 bits per heavy atom. The molecule has 0 N–H and O–H groups in total. The highest BCUT2D eigenvalue weighted by Crippen LogP contribution is 2.31. The lowest BCUT2D eigenvalue weighted by Gasteiger charge is -2.45. The van der Waals surface area contributed by atoms with Gasteiger partial charge in [-0.2, -0.15) is 0 Å². The molecule has 0 fully saturated rings. The summed E-state index contributed by atoms with van der Waals surface area (Å²) in [4.78, 5) is 11.4. The summed E-state index contributed by atoms with van der Waals surface area (Å²) in [6, 6.07) is 0. The fraction of sp³-hybridized carbons (Fsp3) is 0.786. The fourth-order valence-corrected chi connectivity index (χ4v) is 3.03. The van der Waals surface area contributed by atoms with Crippen LogP contribution < -0.4 is 0 Å². The number of hydrogen-bond donors (Lipinski definition) is 0. The zero-order chi connectivity index (χ0) is 16.4. The van der Waals surface area contributed by atoms with Crippen molar-refractivity contribution in [2.75, 3.05) is 33.0 Å². The van der Waals surface area contributed by atoms with Gasteiger partial charge in [0, 0.05) is 32.5 Å². The smallest absolute Gasteiger partial charge is 0.330 e. The molecule has 0 heterocycles. The highest BCUT2D eigenvalue weighted by atomic mass is 28.1. The second-order valence-electron chi connectivity index (χ2n) is 4.24. The first-order chi connectivity index (χ1) is 9.95. The van der Waals surface area contributed by atoms with Crippen molar-refractivity contribution in [3.63, 3.8) is 0 Å². The zero-order valence-electron chi connectivity index (χ0n) is 13.8. The Hall–Kier alpha value is -0.733. The summed E-state index contributed by atoms with van der Waals surface area (Å²) in [5, 5.41) is 0. The van der Waals surface area contributed by atoms with E-state index < -0.39 is 17.2 Å². The van der Waals surface area contributed by atoms with Gasteiger partial charge in [-0.15, -0.1) is 0 Å². The van der Waals surface area contributed by atoms with E-state index in [0.29, 0.717) is 36.7 Å². The van der Waals surface area contributed by atoms with Gasteiger partial charge in [0.25, 0.3) is 5.79 Å². The van der Waals surface area contributed by atoms with Crippen molar-refractivity contribution in [1.82, 2.24) is 0 Å². The molecule has 0 aliphatic carbocycles. The fourth-order valence-electron chi connectivity index (χ4n) is 2.02. The first-order valence-electron chi connectivity index (χ1n) is 7.30. The van der Waals surface area contributed by atoms with Crippen LogP contribution in [-0.2, 0) is 28.5 Å². The van der Waals surface area contributed by atoms with Crippen molar-refractivity contribution in [3.8, 4) is 0 Å². The minimum atomic E-state index is -1.28. The molecule has 0 saturated heterocycles. The molecule has 7 heteroatoms. The summed E-state index contributed by atoms with van der Waals surface area (Å²) >= 11 is 0. The number of ether oxygens (including phenoxy) is 5. The van der Waals surface area contributed by atoms with E-state index in [0.717, 1.165) is 6.08 Å². The predicted octanol–water partition coefficient (Wildman–Crippen LogP) is 0.577. The Balaban J connectivity index is 5.46. The number of esters is 1. The van der Waals surface area contributed by atoms with Crippen LogP contribution in [0.15, 0.2) is 12.7 Å². The number of carbonyl (C=O) groups is 1. The molecule has 0 bridgehead atoms. The second-order valence-corrected chi connectivity index (χ2v) is 5.56. The monoisotopic (exact) mass is 320 g/mol. The molecule has 0 spiro atoms. The first kappa shape index (κ1) is 20.3. The molecule has 0 unspecified atom stereocenters. The molecule has 0 saturated carbocycles. The normalized spacial score (nSPS) is 12.4. The molecule has 0 aliphatic rings. The average Bonchev–Trinajstić information content (AvgIpc) is 2.45. The molecule has 0 radical (unpaired) electrons. The quantitative estimate of drug-likeness (QED) is 0.227. The van der Waals surface area contributed by atoms with E-state index in [1.807, 2.05) is 27.7 Å². The first-order valence-corrected chi connectivity index (χ1v) is 8.30. The third kappa shape index (κ3) is 5.52. The molecule has 0 aromatic rings. The van der Waals surface area contributed by atoms with Crippen LogP contribution in [0.25, 0.3) is 0 Å². The lowest BCUT2D eigenvalue weighted by Crippen LogP contribution is -2.64. The predicted molar refractivity (Wildman–Crippen MR) is 83.1 cm³/mol. The Bertz CT molecular complexity index is 309. The molecular formula is C14H28O6Si. The minimum absolute atomic E-state index is 0.122. The molecule has 21 heavy (non-hydrogen) atoms. The van der Waals surface area contributed by atoms with Crippen LogP contribution in [0.1, 0.15) is 27.7 Å². The van der Waals surface area contributed by atoms with E-state index in [1.54, 1.807) is 0 Å². The standard InChI is InChI=1S/C14H28O6Si/c1-6-12(15)16-11-13(17-7-2,18-8-3)14(21,19-9-4)20-10-5/h6H,1,7-11H2,2-5,21H3. The van der Waals surface area contributed by atoms with E-state index in [9.17, 15) is 4.79 Å². The van der Waals surface area contributed by atoms with Crippen molar-refractivity contribution in [3.05, 3.63) is 12.7 Å². The van der Waals surface area contributed by atoms with Gasteiger partial charge in [0.1, 0.15) is 0 Å². The van der Waals surface area contributed by atoms with E-state index >= 15 is 0 Å². The average molecular weight is 320 g/mol. The number of carbonyl (C=O) groups excluding carboxylic acids is 1. The molecule has 0 rings (SSSR count). The molecule has 0 amide bonds. The maximum atomic E-state index is 11.4. The maximum absolute atomic E-state index is 11.4. The van der Waals surface area contributed by atoms with Gasteiger partial charge in [0.05, 0.1) is 10.2 Å². The summed E-state index contributed by atoms with van der Waals surface area (Å²) in [6.07, 6.45) is 1.10. The van der Waals surface area contributed by atoms with Crippen LogP contribution in [0, 0.1) is 0 Å². The van der Waals surface area contributed by atoms with Crippen LogP contribution in [0.3, 0.4) is 0 Å². The Morgan fingerprint density at radius 1 is 1.00 bits per heavy atom. The van der Waals surface area contributed by atoms with Crippen LogP contribution in [-0.4, -0.2) is 60.4 Å². The SMILES string of the molecule is C=CC(=O)OCC(OCC)(OCC)C([SiH3])(OCC)OCC. The summed E-state index contributed by atoms with van der Waals surface area (Å²) < 4.78 is 28.3. The molecule has 0 aromatic heterocycles. The van der Waals surface area contributed by atoms with Crippen molar-refractivity contribution in [1.29, 1.82) is 0 Å². The topological polar surface area (TPSA) is 63.2 Å². The lowest BCUT2D eigenvalue weighted by atomic mass is 10.2. The third-order valence-corrected chi connectivity index (χ3v) is 4.20. The van der Waals surface area contributed by atoms with Gasteiger partial charge in [-0.1, -0.05) is 6.58 Å². The minimum Gasteiger partial charge on any atom is -0.457 e. The largest absolute Gasteiger partial charge is 0.457 e. The van der Waals surface area contributed by atoms with Crippen LogP contribution >= 0.6 is 0 Å². The maximum Gasteiger partial charge on any atom is 0.330 e. The van der Waals surface area contributed by atoms with Crippen LogP contribution in [0.5, 0.6) is 0 Å². The highest BCUT2D eigenvalue weighted by Gasteiger charge is 2.53. The summed E-state index contributed by atoms with van der Waals surface area (Å²) in [5.41, 5.74) is -1.07. The van der Waals surface area contributed by atoms with Crippen molar-refractivity contribution < 1.29 is 28.5 Å². The third-order valence-electron chi connectivity index (χ3n) is 2.86. The van der Waals surface area contributed by atoms with E-state index in [4.69, 9.17) is 23.7 Å². The van der Waals surface area contributed by atoms with Gasteiger partial charge < -0.3 is 23.7 Å². The zero-order valence-corrected chi connectivity index (χ0v) is 15.8. The molecule has 6 nitrogen and oxygen atoms in total. The number of rotatable bonds is 12. The van der Waals surface area contributed by atoms with E-state index in [2.05, 4.69) is 6.58 Å². The van der Waals surface area contributed by atoms with E-state index in [1.165, 1.54) is 0 Å². The van der Waals surface area contributed by atoms with Gasteiger partial charge in [0.2, 0.25) is 0 Å². The molecular weight excluding hydrogens is 292 g/mol. The van der Waals surface area contributed by atoms with Crippen LogP contribution in [0.4, 0.5) is 0 Å². The van der Waals surface area contributed by atoms with E-state index in [-0.39, 0.29) is 6.61 Å². The van der Waals surface area contributed by atoms with Crippen molar-refractivity contribution in [2.45, 2.75) is 38.9 Å². The lowest BCUT2D eigenvalue weighted by molar-refractivity contribution is -0.380. The summed E-state index contributed by atoms with van der Waals surface area (Å²) in [7, 11) is 0.473. The Labute approximate surface area is 130 Å². The van der Waals surface area contributed by atoms with Gasteiger partial charge in [-0.05, 0) is 27.7 Å². The molecule has 124 valence electrons. The molecule has 0 aliphatic heterocycles. The Morgan fingerprint density at radius 3 is 1.76 bits per heavy atom. The second kappa shape index (κ2) is 10.1. The summed E-state index contributed by atoms with van der Waals surface area (Å²) in [6.45, 7) is 12.3. The van der Waals surface area contributed by atoms with Gasteiger partial charge in [0.15, 0.2) is 12.0 Å². The van der Waals surface area contributed by atoms with Crippen LogP contribution in [0.2, 0.25) is 0 Å². The van der Waals surface area contributed by atoms with Gasteiger partial charge >= 0.3 is 5.97 Å². The van der Waals surface area contributed by atoms with Gasteiger partial charge in [-0.25, -0.2) is 4.79 Å². The molecule has 0 atom stereocenters. The van der Waals surface area contributed by atoms with Crippen molar-refractivity contribution >= 4 is 16.2 Å². The highest BCUT2D eigenvalue weighted by molar-refractivity contribution is 6.14. The van der Waals surface area contributed by atoms with Crippen molar-refractivity contribution in [2.24, 2.45) is 0 Å². The van der Waals surface area contributed by atoms with Gasteiger partial charge in [-0.3, -0.25) is 0 Å². The summed E-state index contributed by atoms with van der Waals surface area (Å²) in [5.74, 6) is -1.83. The molecule has 0 aromatic carbocycles.